The Balaban J connectivity index is 2.66. The lowest BCUT2D eigenvalue weighted by Gasteiger charge is -2.04. The van der Waals surface area contributed by atoms with Gasteiger partial charge in [-0.05, 0) is 12.5 Å². The molecule has 0 aliphatic carbocycles. The van der Waals surface area contributed by atoms with Crippen LogP contribution in [0, 0.1) is 6.92 Å². The quantitative estimate of drug-likeness (QED) is 0.729. The van der Waals surface area contributed by atoms with Gasteiger partial charge in [0.15, 0.2) is 0 Å². The Kier molecular flexibility index (Phi) is 1.96. The van der Waals surface area contributed by atoms with Crippen LogP contribution in [-0.4, -0.2) is 14.8 Å². The van der Waals surface area contributed by atoms with Gasteiger partial charge in [0.05, 0.1) is 6.20 Å². The Labute approximate surface area is 81.2 Å². The summed E-state index contributed by atoms with van der Waals surface area (Å²) in [5.41, 5.74) is 3.00. The molecule has 14 heavy (non-hydrogen) atoms. The molecule has 0 saturated carbocycles. The first-order valence-corrected chi connectivity index (χ1v) is 4.35. The number of nitrogens with zero attached hydrogens (tertiary/aromatic N) is 2. The lowest BCUT2D eigenvalue weighted by atomic mass is 10.1. The molecule has 1 N–H and O–H groups in total. The van der Waals surface area contributed by atoms with Crippen molar-refractivity contribution < 1.29 is 0 Å². The van der Waals surface area contributed by atoms with Crippen LogP contribution < -0.4 is 5.56 Å². The number of hydrogen-bond acceptors (Lipinski definition) is 2. The van der Waals surface area contributed by atoms with E-state index in [0.29, 0.717) is 0 Å². The van der Waals surface area contributed by atoms with Crippen LogP contribution in [0.3, 0.4) is 0 Å². The minimum atomic E-state index is 0.00902. The van der Waals surface area contributed by atoms with Crippen LogP contribution in [0.4, 0.5) is 0 Å². The number of aromatic nitrogens is 3. The molecular formula is C10H11N3O. The SMILES string of the molecule is Cc1cc(=O)n(C)cc1-c1cn[nH]c1. The van der Waals surface area contributed by atoms with E-state index in [1.54, 1.807) is 23.9 Å². The normalized spacial score (nSPS) is 10.4. The second-order valence-electron chi connectivity index (χ2n) is 3.31. The molecule has 0 amide bonds. The van der Waals surface area contributed by atoms with Crippen molar-refractivity contribution in [2.45, 2.75) is 6.92 Å². The Bertz CT molecular complexity index is 497. The van der Waals surface area contributed by atoms with E-state index in [0.717, 1.165) is 16.7 Å². The monoisotopic (exact) mass is 189 g/mol. The molecule has 72 valence electrons. The van der Waals surface area contributed by atoms with E-state index in [1.165, 1.54) is 0 Å². The van der Waals surface area contributed by atoms with E-state index in [-0.39, 0.29) is 5.56 Å². The van der Waals surface area contributed by atoms with Crippen molar-refractivity contribution in [2.24, 2.45) is 7.05 Å². The number of H-pyrrole nitrogens is 1. The molecule has 0 saturated heterocycles. The third-order valence-electron chi connectivity index (χ3n) is 2.24. The summed E-state index contributed by atoms with van der Waals surface area (Å²) >= 11 is 0. The molecule has 0 aromatic carbocycles. The molecule has 0 bridgehead atoms. The third kappa shape index (κ3) is 1.35. The van der Waals surface area contributed by atoms with E-state index in [2.05, 4.69) is 10.2 Å². The van der Waals surface area contributed by atoms with Crippen LogP contribution in [0.1, 0.15) is 5.56 Å². The van der Waals surface area contributed by atoms with Crippen LogP contribution in [0.15, 0.2) is 29.5 Å². The van der Waals surface area contributed by atoms with Crippen LogP contribution in [0.25, 0.3) is 11.1 Å². The maximum Gasteiger partial charge on any atom is 0.250 e. The van der Waals surface area contributed by atoms with Gasteiger partial charge < -0.3 is 4.57 Å². The highest BCUT2D eigenvalue weighted by Crippen LogP contribution is 2.19. The summed E-state index contributed by atoms with van der Waals surface area (Å²) in [6.07, 6.45) is 5.38. The molecular weight excluding hydrogens is 178 g/mol. The molecule has 0 fully saturated rings. The highest BCUT2D eigenvalue weighted by Gasteiger charge is 2.04. The maximum atomic E-state index is 11.3. The highest BCUT2D eigenvalue weighted by atomic mass is 16.1. The fraction of sp³-hybridized carbons (Fsp3) is 0.200. The van der Waals surface area contributed by atoms with Crippen molar-refractivity contribution in [2.75, 3.05) is 0 Å². The van der Waals surface area contributed by atoms with Gasteiger partial charge in [-0.3, -0.25) is 9.89 Å². The largest absolute Gasteiger partial charge is 0.318 e. The second-order valence-corrected chi connectivity index (χ2v) is 3.31. The molecule has 0 aliphatic heterocycles. The van der Waals surface area contributed by atoms with Crippen LogP contribution >= 0.6 is 0 Å². The number of aryl methyl sites for hydroxylation is 2. The predicted octanol–water partition coefficient (Wildman–Crippen LogP) is 1.08. The molecule has 4 nitrogen and oxygen atoms in total. The van der Waals surface area contributed by atoms with E-state index >= 15 is 0 Å². The van der Waals surface area contributed by atoms with Gasteiger partial charge in [0, 0.05) is 36.6 Å². The average Bonchev–Trinajstić information content (AvgIpc) is 2.64. The van der Waals surface area contributed by atoms with Crippen molar-refractivity contribution in [3.05, 3.63) is 40.6 Å². The van der Waals surface area contributed by atoms with Gasteiger partial charge in [0.1, 0.15) is 0 Å². The molecule has 2 rings (SSSR count). The summed E-state index contributed by atoms with van der Waals surface area (Å²) in [7, 11) is 1.74. The average molecular weight is 189 g/mol. The summed E-state index contributed by atoms with van der Waals surface area (Å²) in [5.74, 6) is 0. The van der Waals surface area contributed by atoms with Gasteiger partial charge in [-0.15, -0.1) is 0 Å². The smallest absolute Gasteiger partial charge is 0.250 e. The first-order valence-electron chi connectivity index (χ1n) is 4.35. The minimum Gasteiger partial charge on any atom is -0.318 e. The van der Waals surface area contributed by atoms with Crippen molar-refractivity contribution >= 4 is 0 Å². The molecule has 0 unspecified atom stereocenters. The number of pyridine rings is 1. The number of rotatable bonds is 1. The molecule has 0 aliphatic rings. The van der Waals surface area contributed by atoms with Crippen molar-refractivity contribution in [3.8, 4) is 11.1 Å². The molecule has 2 heterocycles. The maximum absolute atomic E-state index is 11.3. The first kappa shape index (κ1) is 8.74. The molecule has 2 aromatic heterocycles. The summed E-state index contributed by atoms with van der Waals surface area (Å²) in [6.45, 7) is 1.92. The number of aromatic amines is 1. The topological polar surface area (TPSA) is 50.7 Å². The number of hydrogen-bond donors (Lipinski definition) is 1. The van der Waals surface area contributed by atoms with E-state index < -0.39 is 0 Å². The van der Waals surface area contributed by atoms with E-state index in [9.17, 15) is 4.79 Å². The summed E-state index contributed by atoms with van der Waals surface area (Å²) in [5, 5.41) is 6.63. The van der Waals surface area contributed by atoms with Crippen LogP contribution in [0.2, 0.25) is 0 Å². The minimum absolute atomic E-state index is 0.00902. The number of nitrogens with one attached hydrogen (secondary N) is 1. The Hall–Kier alpha value is -1.84. The zero-order chi connectivity index (χ0) is 10.1. The van der Waals surface area contributed by atoms with Crippen molar-refractivity contribution in [1.82, 2.24) is 14.8 Å². The van der Waals surface area contributed by atoms with Crippen molar-refractivity contribution in [1.29, 1.82) is 0 Å². The summed E-state index contributed by atoms with van der Waals surface area (Å²) in [4.78, 5) is 11.3. The predicted molar refractivity (Wildman–Crippen MR) is 54.0 cm³/mol. The zero-order valence-corrected chi connectivity index (χ0v) is 8.11. The summed E-state index contributed by atoms with van der Waals surface area (Å²) < 4.78 is 1.56. The molecule has 2 aromatic rings. The Morgan fingerprint density at radius 1 is 1.50 bits per heavy atom. The summed E-state index contributed by atoms with van der Waals surface area (Å²) in [6, 6.07) is 1.63. The van der Waals surface area contributed by atoms with Gasteiger partial charge in [-0.2, -0.15) is 5.10 Å². The van der Waals surface area contributed by atoms with E-state index in [4.69, 9.17) is 0 Å². The Morgan fingerprint density at radius 2 is 2.29 bits per heavy atom. The molecule has 0 spiro atoms. The van der Waals surface area contributed by atoms with Gasteiger partial charge in [-0.25, -0.2) is 0 Å². The fourth-order valence-corrected chi connectivity index (χ4v) is 1.42. The van der Waals surface area contributed by atoms with Crippen LogP contribution in [-0.2, 0) is 7.05 Å². The van der Waals surface area contributed by atoms with Crippen molar-refractivity contribution in [3.63, 3.8) is 0 Å². The third-order valence-corrected chi connectivity index (χ3v) is 2.24. The zero-order valence-electron chi connectivity index (χ0n) is 8.11. The highest BCUT2D eigenvalue weighted by molar-refractivity contribution is 5.64. The lowest BCUT2D eigenvalue weighted by molar-refractivity contribution is 0.858. The van der Waals surface area contributed by atoms with Gasteiger partial charge in [-0.1, -0.05) is 0 Å². The second kappa shape index (κ2) is 3.14. The fourth-order valence-electron chi connectivity index (χ4n) is 1.42. The van der Waals surface area contributed by atoms with E-state index in [1.807, 2.05) is 19.3 Å². The first-order chi connectivity index (χ1) is 6.68. The molecule has 0 atom stereocenters. The van der Waals surface area contributed by atoms with Crippen LogP contribution in [0.5, 0.6) is 0 Å². The van der Waals surface area contributed by atoms with Gasteiger partial charge in [0.25, 0.3) is 5.56 Å². The molecule has 0 radical (unpaired) electrons. The Morgan fingerprint density at radius 3 is 2.93 bits per heavy atom. The lowest BCUT2D eigenvalue weighted by Crippen LogP contribution is -2.15. The molecule has 4 heteroatoms. The standard InChI is InChI=1S/C10H11N3O/c1-7-3-10(14)13(2)6-9(7)8-4-11-12-5-8/h3-6H,1-2H3,(H,11,12). The van der Waals surface area contributed by atoms with Gasteiger partial charge in [0.2, 0.25) is 0 Å². The van der Waals surface area contributed by atoms with Gasteiger partial charge >= 0.3 is 0 Å².